The molecule has 0 radical (unpaired) electrons. The number of nitrogens with zero attached hydrogens (tertiary/aromatic N) is 4. The van der Waals surface area contributed by atoms with E-state index in [0.717, 1.165) is 18.8 Å². The highest BCUT2D eigenvalue weighted by Crippen LogP contribution is 2.26. The Balaban J connectivity index is 2.16. The van der Waals surface area contributed by atoms with Gasteiger partial charge >= 0.3 is 5.97 Å². The highest BCUT2D eigenvalue weighted by atomic mass is 32.1. The summed E-state index contributed by atoms with van der Waals surface area (Å²) in [6.07, 6.45) is 3.07. The standard InChI is InChI=1S/C17H18N4O3S/c1-4-20(5-2)13-6-7-14(24-11(3)22)12(8-13)9-15-16(23)21-17(25-15)18-10-19-21/h6-10H,4-5H2,1-3H3/b15-9-. The van der Waals surface area contributed by atoms with Gasteiger partial charge in [-0.2, -0.15) is 9.61 Å². The van der Waals surface area contributed by atoms with Gasteiger partial charge in [0.15, 0.2) is 0 Å². The van der Waals surface area contributed by atoms with Crippen molar-refractivity contribution in [2.45, 2.75) is 20.8 Å². The average molecular weight is 358 g/mol. The van der Waals surface area contributed by atoms with Crippen LogP contribution in [-0.4, -0.2) is 33.7 Å². The summed E-state index contributed by atoms with van der Waals surface area (Å²) >= 11 is 1.25. The van der Waals surface area contributed by atoms with E-state index in [0.29, 0.717) is 20.8 Å². The first-order valence-corrected chi connectivity index (χ1v) is 8.76. The highest BCUT2D eigenvalue weighted by molar-refractivity contribution is 7.15. The molecule has 3 rings (SSSR count). The van der Waals surface area contributed by atoms with Crippen LogP contribution in [0.3, 0.4) is 0 Å². The normalized spacial score (nSPS) is 11.9. The van der Waals surface area contributed by atoms with Gasteiger partial charge < -0.3 is 9.64 Å². The second-order valence-corrected chi connectivity index (χ2v) is 6.37. The van der Waals surface area contributed by atoms with E-state index in [-0.39, 0.29) is 5.56 Å². The molecule has 3 aromatic rings. The molecule has 0 aliphatic carbocycles. The zero-order valence-electron chi connectivity index (χ0n) is 14.2. The van der Waals surface area contributed by atoms with Crippen molar-refractivity contribution in [3.8, 4) is 5.75 Å². The van der Waals surface area contributed by atoms with Crippen LogP contribution in [0, 0.1) is 0 Å². The summed E-state index contributed by atoms with van der Waals surface area (Å²) in [7, 11) is 0. The molecule has 0 aliphatic heterocycles. The predicted molar refractivity (Wildman–Crippen MR) is 97.2 cm³/mol. The van der Waals surface area contributed by atoms with E-state index in [1.54, 1.807) is 12.1 Å². The molecule has 2 aromatic heterocycles. The van der Waals surface area contributed by atoms with E-state index in [1.807, 2.05) is 12.1 Å². The molecular weight excluding hydrogens is 340 g/mol. The van der Waals surface area contributed by atoms with E-state index in [9.17, 15) is 9.59 Å². The Bertz CT molecular complexity index is 1020. The molecule has 8 heteroatoms. The van der Waals surface area contributed by atoms with Crippen LogP contribution >= 0.6 is 11.3 Å². The molecule has 0 unspecified atom stereocenters. The number of rotatable bonds is 5. The number of hydrogen-bond donors (Lipinski definition) is 0. The molecule has 0 amide bonds. The Kier molecular flexibility index (Phi) is 4.80. The highest BCUT2D eigenvalue weighted by Gasteiger charge is 2.11. The van der Waals surface area contributed by atoms with E-state index < -0.39 is 5.97 Å². The second kappa shape index (κ2) is 7.02. The number of benzene rings is 1. The lowest BCUT2D eigenvalue weighted by atomic mass is 10.1. The topological polar surface area (TPSA) is 76.8 Å². The van der Waals surface area contributed by atoms with Gasteiger partial charge in [0.05, 0.1) is 4.53 Å². The number of fused-ring (bicyclic) bond motifs is 1. The molecular formula is C17H18N4O3S. The van der Waals surface area contributed by atoms with Crippen molar-refractivity contribution in [2.75, 3.05) is 18.0 Å². The third kappa shape index (κ3) is 3.39. The number of esters is 1. The first-order valence-electron chi connectivity index (χ1n) is 7.95. The smallest absolute Gasteiger partial charge is 0.308 e. The van der Waals surface area contributed by atoms with Gasteiger partial charge in [0, 0.05) is 31.3 Å². The molecule has 7 nitrogen and oxygen atoms in total. The molecule has 0 fully saturated rings. The summed E-state index contributed by atoms with van der Waals surface area (Å²) in [6, 6.07) is 5.58. The number of carbonyl (C=O) groups is 1. The minimum absolute atomic E-state index is 0.237. The van der Waals surface area contributed by atoms with Crippen LogP contribution in [0.4, 0.5) is 5.69 Å². The maximum Gasteiger partial charge on any atom is 0.308 e. The first-order chi connectivity index (χ1) is 12.0. The van der Waals surface area contributed by atoms with Gasteiger partial charge in [-0.25, -0.2) is 4.98 Å². The zero-order valence-corrected chi connectivity index (χ0v) is 15.0. The lowest BCUT2D eigenvalue weighted by Crippen LogP contribution is -2.24. The van der Waals surface area contributed by atoms with Gasteiger partial charge in [-0.3, -0.25) is 9.59 Å². The SMILES string of the molecule is CCN(CC)c1ccc(OC(C)=O)c(/C=c2\sc3ncnn3c2=O)c1. The third-order valence-corrected chi connectivity index (χ3v) is 4.76. The number of thiazole rings is 1. The summed E-state index contributed by atoms with van der Waals surface area (Å²) < 4.78 is 7.04. The van der Waals surface area contributed by atoms with Gasteiger partial charge in [0.1, 0.15) is 12.1 Å². The molecule has 1 aromatic carbocycles. The predicted octanol–water partition coefficient (Wildman–Crippen LogP) is 1.47. The maximum atomic E-state index is 12.4. The van der Waals surface area contributed by atoms with E-state index in [4.69, 9.17) is 4.74 Å². The molecule has 0 saturated carbocycles. The summed E-state index contributed by atoms with van der Waals surface area (Å²) in [5, 5.41) is 3.91. The van der Waals surface area contributed by atoms with E-state index in [1.165, 1.54) is 29.1 Å². The second-order valence-electron chi connectivity index (χ2n) is 5.36. The molecule has 0 N–H and O–H groups in total. The minimum atomic E-state index is -0.407. The molecule has 0 aliphatic rings. The molecule has 0 bridgehead atoms. The van der Waals surface area contributed by atoms with Crippen molar-refractivity contribution in [2.24, 2.45) is 0 Å². The van der Waals surface area contributed by atoms with Crippen LogP contribution in [0.15, 0.2) is 29.3 Å². The van der Waals surface area contributed by atoms with Gasteiger partial charge in [-0.15, -0.1) is 0 Å². The number of ether oxygens (including phenoxy) is 1. The Labute approximate surface area is 148 Å². The van der Waals surface area contributed by atoms with E-state index >= 15 is 0 Å². The molecule has 0 spiro atoms. The van der Waals surface area contributed by atoms with Crippen molar-refractivity contribution in [1.82, 2.24) is 14.6 Å². The zero-order chi connectivity index (χ0) is 18.0. The van der Waals surface area contributed by atoms with Crippen molar-refractivity contribution in [3.63, 3.8) is 0 Å². The first kappa shape index (κ1) is 17.1. The Morgan fingerprint density at radius 1 is 1.36 bits per heavy atom. The Morgan fingerprint density at radius 2 is 2.12 bits per heavy atom. The number of carbonyl (C=O) groups excluding carboxylic acids is 1. The number of anilines is 1. The monoisotopic (exact) mass is 358 g/mol. The van der Waals surface area contributed by atoms with Crippen molar-refractivity contribution < 1.29 is 9.53 Å². The van der Waals surface area contributed by atoms with Crippen LogP contribution in [0.1, 0.15) is 26.3 Å². The third-order valence-electron chi connectivity index (χ3n) is 3.78. The molecule has 0 saturated heterocycles. The van der Waals surface area contributed by atoms with Crippen molar-refractivity contribution in [1.29, 1.82) is 0 Å². The van der Waals surface area contributed by atoms with Crippen LogP contribution in [0.5, 0.6) is 5.75 Å². The van der Waals surface area contributed by atoms with Gasteiger partial charge in [0.2, 0.25) is 4.96 Å². The summed E-state index contributed by atoms with van der Waals surface area (Å²) in [4.78, 5) is 30.5. The Morgan fingerprint density at radius 3 is 2.76 bits per heavy atom. The molecule has 2 heterocycles. The number of aromatic nitrogens is 3. The molecule has 130 valence electrons. The van der Waals surface area contributed by atoms with Crippen LogP contribution in [0.25, 0.3) is 11.0 Å². The summed E-state index contributed by atoms with van der Waals surface area (Å²) in [5.74, 6) is 0.0111. The quantitative estimate of drug-likeness (QED) is 0.508. The minimum Gasteiger partial charge on any atom is -0.426 e. The largest absolute Gasteiger partial charge is 0.426 e. The van der Waals surface area contributed by atoms with E-state index in [2.05, 4.69) is 28.8 Å². The maximum absolute atomic E-state index is 12.4. The fourth-order valence-electron chi connectivity index (χ4n) is 2.60. The molecule has 25 heavy (non-hydrogen) atoms. The van der Waals surface area contributed by atoms with Gasteiger partial charge in [-0.05, 0) is 38.1 Å². The molecule has 0 atom stereocenters. The fraction of sp³-hybridized carbons (Fsp3) is 0.294. The van der Waals surface area contributed by atoms with Crippen molar-refractivity contribution >= 4 is 34.0 Å². The average Bonchev–Trinajstić information content (AvgIpc) is 3.14. The fourth-order valence-corrected chi connectivity index (χ4v) is 3.47. The Hall–Kier alpha value is -2.74. The van der Waals surface area contributed by atoms with Gasteiger partial charge in [-0.1, -0.05) is 11.3 Å². The van der Waals surface area contributed by atoms with Crippen LogP contribution < -0.4 is 19.7 Å². The number of hydrogen-bond acceptors (Lipinski definition) is 7. The van der Waals surface area contributed by atoms with Crippen molar-refractivity contribution in [3.05, 3.63) is 45.0 Å². The van der Waals surface area contributed by atoms with Crippen LogP contribution in [-0.2, 0) is 4.79 Å². The summed E-state index contributed by atoms with van der Waals surface area (Å²) in [6.45, 7) is 7.20. The lowest BCUT2D eigenvalue weighted by Gasteiger charge is -2.22. The van der Waals surface area contributed by atoms with Crippen LogP contribution in [0.2, 0.25) is 0 Å². The summed E-state index contributed by atoms with van der Waals surface area (Å²) in [5.41, 5.74) is 1.43. The lowest BCUT2D eigenvalue weighted by molar-refractivity contribution is -0.131. The van der Waals surface area contributed by atoms with Gasteiger partial charge in [0.25, 0.3) is 5.56 Å².